The molecule has 1 unspecified atom stereocenters. The van der Waals surface area contributed by atoms with Crippen LogP contribution in [0.3, 0.4) is 0 Å². The van der Waals surface area contributed by atoms with Gasteiger partial charge < -0.3 is 20.3 Å². The van der Waals surface area contributed by atoms with Gasteiger partial charge in [0.25, 0.3) is 0 Å². The molecule has 1 aromatic rings. The Bertz CT molecular complexity index is 648. The van der Waals surface area contributed by atoms with Crippen molar-refractivity contribution >= 4 is 23.2 Å². The highest BCUT2D eigenvalue weighted by atomic mass is 16.5. The average molecular weight is 316 g/mol. The summed E-state index contributed by atoms with van der Waals surface area (Å²) in [6.07, 6.45) is 0.885. The highest BCUT2D eigenvalue weighted by Gasteiger charge is 2.30. The maximum atomic E-state index is 11.8. The number of carbonyl (C=O) groups is 2. The van der Waals surface area contributed by atoms with E-state index in [1.807, 2.05) is 18.2 Å². The van der Waals surface area contributed by atoms with Gasteiger partial charge in [0.2, 0.25) is 11.8 Å². The van der Waals surface area contributed by atoms with Crippen molar-refractivity contribution in [3.8, 4) is 5.75 Å². The average Bonchev–Trinajstić information content (AvgIpc) is 2.57. The lowest BCUT2D eigenvalue weighted by Crippen LogP contribution is -2.55. The van der Waals surface area contributed by atoms with Crippen LogP contribution in [0.15, 0.2) is 18.2 Å². The minimum absolute atomic E-state index is 0.202. The third-order valence-corrected chi connectivity index (χ3v) is 4.63. The van der Waals surface area contributed by atoms with Gasteiger partial charge in [0.05, 0.1) is 11.7 Å². The van der Waals surface area contributed by atoms with E-state index in [1.165, 1.54) is 0 Å². The second kappa shape index (κ2) is 5.73. The number of nitrogens with one attached hydrogen (secondary N) is 3. The fourth-order valence-corrected chi connectivity index (χ4v) is 3.40. The van der Waals surface area contributed by atoms with Gasteiger partial charge in [-0.2, -0.15) is 0 Å². The van der Waals surface area contributed by atoms with E-state index in [0.29, 0.717) is 25.5 Å². The number of imide groups is 1. The topological polar surface area (TPSA) is 82.7 Å². The Balaban J connectivity index is 1.51. The number of nitrogens with zero attached hydrogens (tertiary/aromatic N) is 1. The van der Waals surface area contributed by atoms with Crippen LogP contribution in [0, 0.1) is 0 Å². The maximum absolute atomic E-state index is 11.8. The van der Waals surface area contributed by atoms with Crippen LogP contribution in [0.2, 0.25) is 0 Å². The van der Waals surface area contributed by atoms with Crippen molar-refractivity contribution < 1.29 is 14.3 Å². The first-order valence-electron chi connectivity index (χ1n) is 8.05. The van der Waals surface area contributed by atoms with Gasteiger partial charge in [-0.15, -0.1) is 0 Å². The number of ether oxygens (including phenoxy) is 1. The third-order valence-electron chi connectivity index (χ3n) is 4.63. The summed E-state index contributed by atoms with van der Waals surface area (Å²) < 4.78 is 5.89. The fraction of sp³-hybridized carbons (Fsp3) is 0.500. The minimum atomic E-state index is -0.374. The molecule has 3 aliphatic heterocycles. The third kappa shape index (κ3) is 2.72. The van der Waals surface area contributed by atoms with Gasteiger partial charge in [-0.25, -0.2) is 0 Å². The lowest BCUT2D eigenvalue weighted by molar-refractivity contribution is -0.133. The zero-order chi connectivity index (χ0) is 15.8. The lowest BCUT2D eigenvalue weighted by Gasteiger charge is -2.42. The van der Waals surface area contributed by atoms with Crippen molar-refractivity contribution in [2.45, 2.75) is 24.9 Å². The Labute approximate surface area is 134 Å². The fourth-order valence-electron chi connectivity index (χ4n) is 3.40. The highest BCUT2D eigenvalue weighted by molar-refractivity contribution is 6.01. The first kappa shape index (κ1) is 14.3. The number of piperazine rings is 1. The molecule has 3 N–H and O–H groups in total. The summed E-state index contributed by atoms with van der Waals surface area (Å²) in [6.45, 7) is 3.56. The first-order chi connectivity index (χ1) is 11.2. The van der Waals surface area contributed by atoms with Gasteiger partial charge in [0.15, 0.2) is 0 Å². The van der Waals surface area contributed by atoms with E-state index < -0.39 is 0 Å². The highest BCUT2D eigenvalue weighted by Crippen LogP contribution is 2.36. The van der Waals surface area contributed by atoms with Crippen LogP contribution < -0.4 is 25.6 Å². The molecule has 0 spiro atoms. The van der Waals surface area contributed by atoms with E-state index in [0.717, 1.165) is 36.8 Å². The Morgan fingerprint density at radius 3 is 3.09 bits per heavy atom. The molecule has 2 atom stereocenters. The lowest BCUT2D eigenvalue weighted by atomic mass is 10.1. The van der Waals surface area contributed by atoms with Crippen LogP contribution in [0.1, 0.15) is 12.8 Å². The smallest absolute Gasteiger partial charge is 0.249 e. The molecule has 3 heterocycles. The molecule has 0 aliphatic carbocycles. The maximum Gasteiger partial charge on any atom is 0.249 e. The van der Waals surface area contributed by atoms with Crippen LogP contribution in [0.5, 0.6) is 5.75 Å². The minimum Gasteiger partial charge on any atom is -0.489 e. The van der Waals surface area contributed by atoms with E-state index in [1.54, 1.807) is 0 Å². The van der Waals surface area contributed by atoms with Gasteiger partial charge in [-0.05, 0) is 18.6 Å². The number of benzene rings is 1. The largest absolute Gasteiger partial charge is 0.489 e. The number of amides is 2. The summed E-state index contributed by atoms with van der Waals surface area (Å²) in [5, 5.41) is 8.94. The normalized spacial score (nSPS) is 26.7. The summed E-state index contributed by atoms with van der Waals surface area (Å²) >= 11 is 0. The van der Waals surface area contributed by atoms with Crippen LogP contribution in [-0.2, 0) is 9.59 Å². The van der Waals surface area contributed by atoms with Crippen molar-refractivity contribution in [2.24, 2.45) is 0 Å². The molecule has 2 saturated heterocycles. The van der Waals surface area contributed by atoms with Crippen molar-refractivity contribution in [3.63, 3.8) is 0 Å². The van der Waals surface area contributed by atoms with Gasteiger partial charge in [-0.1, -0.05) is 0 Å². The quantitative estimate of drug-likeness (QED) is 0.670. The SMILES string of the molecule is O=C1CCC(Nc2ccc3c(c2)OC[C@H]2CNCCN32)C(=O)N1. The van der Waals surface area contributed by atoms with Crippen LogP contribution in [-0.4, -0.2) is 50.1 Å². The van der Waals surface area contributed by atoms with E-state index in [4.69, 9.17) is 4.74 Å². The summed E-state index contributed by atoms with van der Waals surface area (Å²) in [6, 6.07) is 5.96. The van der Waals surface area contributed by atoms with Gasteiger partial charge in [0, 0.05) is 37.8 Å². The second-order valence-electron chi connectivity index (χ2n) is 6.19. The number of hydrogen-bond donors (Lipinski definition) is 3. The molecule has 7 nitrogen and oxygen atoms in total. The number of anilines is 2. The Hall–Kier alpha value is -2.28. The number of carbonyl (C=O) groups excluding carboxylic acids is 2. The molecule has 0 aromatic heterocycles. The van der Waals surface area contributed by atoms with E-state index in [9.17, 15) is 9.59 Å². The van der Waals surface area contributed by atoms with Crippen molar-refractivity contribution in [1.29, 1.82) is 0 Å². The molecule has 23 heavy (non-hydrogen) atoms. The number of rotatable bonds is 2. The summed E-state index contributed by atoms with van der Waals surface area (Å²) in [5.74, 6) is 0.383. The zero-order valence-electron chi connectivity index (χ0n) is 12.8. The van der Waals surface area contributed by atoms with Crippen LogP contribution in [0.25, 0.3) is 0 Å². The monoisotopic (exact) mass is 316 g/mol. The summed E-state index contributed by atoms with van der Waals surface area (Å²) in [4.78, 5) is 25.4. The van der Waals surface area contributed by atoms with Gasteiger partial charge in [0.1, 0.15) is 18.4 Å². The first-order valence-corrected chi connectivity index (χ1v) is 8.05. The molecular formula is C16H20N4O3. The summed E-state index contributed by atoms with van der Waals surface area (Å²) in [5.41, 5.74) is 1.95. The molecule has 0 bridgehead atoms. The molecule has 7 heteroatoms. The molecule has 122 valence electrons. The molecule has 3 aliphatic rings. The van der Waals surface area contributed by atoms with E-state index >= 15 is 0 Å². The molecule has 0 radical (unpaired) electrons. The molecule has 1 aromatic carbocycles. The van der Waals surface area contributed by atoms with Crippen molar-refractivity contribution in [1.82, 2.24) is 10.6 Å². The second-order valence-corrected chi connectivity index (χ2v) is 6.19. The molecule has 0 saturated carbocycles. The predicted molar refractivity (Wildman–Crippen MR) is 85.7 cm³/mol. The number of fused-ring (bicyclic) bond motifs is 3. The summed E-state index contributed by atoms with van der Waals surface area (Å²) in [7, 11) is 0. The number of hydrogen-bond acceptors (Lipinski definition) is 6. The molecular weight excluding hydrogens is 296 g/mol. The number of piperidine rings is 1. The molecule has 2 fully saturated rings. The molecule has 4 rings (SSSR count). The van der Waals surface area contributed by atoms with Crippen molar-refractivity contribution in [2.75, 3.05) is 36.5 Å². The Kier molecular flexibility index (Phi) is 3.57. The standard InChI is InChI=1S/C16H20N4O3/c21-15-4-2-12(16(22)19-15)18-10-1-3-13-14(7-10)23-9-11-8-17-5-6-20(11)13/h1,3,7,11-12,17-18H,2,4-6,8-9H2,(H,19,21,22)/t11-,12?/m1/s1. The predicted octanol–water partition coefficient (Wildman–Crippen LogP) is 0.0743. The Morgan fingerprint density at radius 2 is 2.22 bits per heavy atom. The van der Waals surface area contributed by atoms with Gasteiger partial charge >= 0.3 is 0 Å². The Morgan fingerprint density at radius 1 is 1.30 bits per heavy atom. The van der Waals surface area contributed by atoms with Crippen LogP contribution in [0.4, 0.5) is 11.4 Å². The van der Waals surface area contributed by atoms with Crippen LogP contribution >= 0.6 is 0 Å². The molecule has 2 amide bonds. The zero-order valence-corrected chi connectivity index (χ0v) is 12.8. The van der Waals surface area contributed by atoms with E-state index in [2.05, 4.69) is 20.9 Å². The van der Waals surface area contributed by atoms with Crippen molar-refractivity contribution in [3.05, 3.63) is 18.2 Å². The van der Waals surface area contributed by atoms with E-state index in [-0.39, 0.29) is 17.9 Å². The van der Waals surface area contributed by atoms with Gasteiger partial charge in [-0.3, -0.25) is 14.9 Å².